The summed E-state index contributed by atoms with van der Waals surface area (Å²) in [5, 5.41) is 0. The highest BCUT2D eigenvalue weighted by molar-refractivity contribution is 7.79. The van der Waals surface area contributed by atoms with Gasteiger partial charge in [0.05, 0.1) is 4.90 Å². The molecular formula is C11H16O2S. The molecule has 1 N–H and O–H groups in total. The van der Waals surface area contributed by atoms with E-state index >= 15 is 0 Å². The Morgan fingerprint density at radius 1 is 1.21 bits per heavy atom. The van der Waals surface area contributed by atoms with Gasteiger partial charge in [-0.15, -0.1) is 0 Å². The van der Waals surface area contributed by atoms with E-state index in [2.05, 4.69) is 26.8 Å². The Morgan fingerprint density at radius 3 is 2.21 bits per heavy atom. The molecule has 0 saturated heterocycles. The summed E-state index contributed by atoms with van der Waals surface area (Å²) in [6, 6.07) is 5.59. The summed E-state index contributed by atoms with van der Waals surface area (Å²) in [6.07, 6.45) is 0. The number of hydrogen-bond donors (Lipinski definition) is 1. The van der Waals surface area contributed by atoms with E-state index in [0.29, 0.717) is 4.90 Å². The van der Waals surface area contributed by atoms with Crippen LogP contribution in [0.2, 0.25) is 0 Å². The molecule has 78 valence electrons. The first-order chi connectivity index (χ1) is 6.30. The third-order valence-corrected chi connectivity index (χ3v) is 2.76. The van der Waals surface area contributed by atoms with Crippen molar-refractivity contribution >= 4 is 11.1 Å². The van der Waals surface area contributed by atoms with E-state index in [1.54, 1.807) is 12.1 Å². The van der Waals surface area contributed by atoms with E-state index in [9.17, 15) is 4.21 Å². The highest BCUT2D eigenvalue weighted by atomic mass is 32.2. The average Bonchev–Trinajstić information content (AvgIpc) is 2.01. The van der Waals surface area contributed by atoms with E-state index in [0.717, 1.165) is 11.1 Å². The number of rotatable bonds is 1. The van der Waals surface area contributed by atoms with Crippen LogP contribution in [0.3, 0.4) is 0 Å². The van der Waals surface area contributed by atoms with Crippen LogP contribution < -0.4 is 0 Å². The third-order valence-electron chi connectivity index (χ3n) is 2.12. The lowest BCUT2D eigenvalue weighted by molar-refractivity contribution is 0.561. The zero-order valence-corrected chi connectivity index (χ0v) is 9.81. The quantitative estimate of drug-likeness (QED) is 0.727. The van der Waals surface area contributed by atoms with Gasteiger partial charge in [0.25, 0.3) is 0 Å². The Morgan fingerprint density at radius 2 is 1.79 bits per heavy atom. The van der Waals surface area contributed by atoms with Gasteiger partial charge >= 0.3 is 0 Å². The van der Waals surface area contributed by atoms with Crippen molar-refractivity contribution in [2.75, 3.05) is 0 Å². The smallest absolute Gasteiger partial charge is 0.186 e. The van der Waals surface area contributed by atoms with E-state index in [1.807, 2.05) is 6.92 Å². The lowest BCUT2D eigenvalue weighted by Gasteiger charge is -2.20. The van der Waals surface area contributed by atoms with Crippen molar-refractivity contribution in [2.24, 2.45) is 0 Å². The van der Waals surface area contributed by atoms with Crippen molar-refractivity contribution in [3.05, 3.63) is 29.3 Å². The summed E-state index contributed by atoms with van der Waals surface area (Å²) in [7, 11) is 0. The normalized spacial score (nSPS) is 14.1. The molecule has 0 radical (unpaired) electrons. The fourth-order valence-corrected chi connectivity index (χ4v) is 1.80. The van der Waals surface area contributed by atoms with E-state index < -0.39 is 11.1 Å². The Balaban J connectivity index is 3.28. The van der Waals surface area contributed by atoms with E-state index in [-0.39, 0.29) is 5.41 Å². The first-order valence-corrected chi connectivity index (χ1v) is 5.64. The topological polar surface area (TPSA) is 37.3 Å². The van der Waals surface area contributed by atoms with E-state index in [1.165, 1.54) is 0 Å². The fraction of sp³-hybridized carbons (Fsp3) is 0.455. The van der Waals surface area contributed by atoms with Crippen LogP contribution in [0.4, 0.5) is 0 Å². The molecule has 0 aliphatic heterocycles. The monoisotopic (exact) mass is 212 g/mol. The average molecular weight is 212 g/mol. The minimum atomic E-state index is -1.88. The third kappa shape index (κ3) is 2.66. The second-order valence-electron chi connectivity index (χ2n) is 4.53. The van der Waals surface area contributed by atoms with Crippen LogP contribution in [0, 0.1) is 6.92 Å². The van der Waals surface area contributed by atoms with Crippen LogP contribution in [0.25, 0.3) is 0 Å². The first-order valence-electron chi connectivity index (χ1n) is 4.54. The summed E-state index contributed by atoms with van der Waals surface area (Å²) in [5.74, 6) is 0. The largest absolute Gasteiger partial charge is 0.302 e. The molecule has 0 saturated carbocycles. The molecule has 0 aromatic heterocycles. The van der Waals surface area contributed by atoms with Crippen molar-refractivity contribution in [1.29, 1.82) is 0 Å². The molecule has 1 rings (SSSR count). The summed E-state index contributed by atoms with van der Waals surface area (Å²) in [4.78, 5) is 0.481. The van der Waals surface area contributed by atoms with Crippen LogP contribution in [0.1, 0.15) is 31.9 Å². The molecule has 0 aliphatic carbocycles. The van der Waals surface area contributed by atoms with Crippen LogP contribution in [0.15, 0.2) is 23.1 Å². The lowest BCUT2D eigenvalue weighted by atomic mass is 9.86. The number of hydrogen-bond acceptors (Lipinski definition) is 1. The maximum absolute atomic E-state index is 10.9. The molecule has 0 spiro atoms. The molecule has 0 aliphatic rings. The van der Waals surface area contributed by atoms with Gasteiger partial charge in [-0.2, -0.15) is 0 Å². The summed E-state index contributed by atoms with van der Waals surface area (Å²) in [5.41, 5.74) is 2.13. The Bertz CT molecular complexity index is 364. The van der Waals surface area contributed by atoms with Crippen LogP contribution in [0.5, 0.6) is 0 Å². The molecule has 3 heteroatoms. The number of benzene rings is 1. The molecule has 1 aromatic rings. The second-order valence-corrected chi connectivity index (χ2v) is 5.50. The van der Waals surface area contributed by atoms with Crippen molar-refractivity contribution in [2.45, 2.75) is 38.0 Å². The highest BCUT2D eigenvalue weighted by Gasteiger charge is 2.15. The second kappa shape index (κ2) is 3.83. The molecule has 1 atom stereocenters. The summed E-state index contributed by atoms with van der Waals surface area (Å²) in [6.45, 7) is 8.20. The van der Waals surface area contributed by atoms with Gasteiger partial charge in [-0.1, -0.05) is 26.8 Å². The maximum atomic E-state index is 10.9. The lowest BCUT2D eigenvalue weighted by Crippen LogP contribution is -2.12. The van der Waals surface area contributed by atoms with Gasteiger partial charge in [0.1, 0.15) is 0 Å². The minimum Gasteiger partial charge on any atom is -0.302 e. The predicted octanol–water partition coefficient (Wildman–Crippen LogP) is 2.87. The maximum Gasteiger partial charge on any atom is 0.186 e. The van der Waals surface area contributed by atoms with Crippen LogP contribution in [-0.4, -0.2) is 8.76 Å². The first kappa shape index (κ1) is 11.4. The molecular weight excluding hydrogens is 196 g/mol. The molecule has 2 nitrogen and oxygen atoms in total. The molecule has 0 fully saturated rings. The van der Waals surface area contributed by atoms with Gasteiger partial charge in [0.2, 0.25) is 0 Å². The van der Waals surface area contributed by atoms with Gasteiger partial charge in [-0.25, -0.2) is 4.21 Å². The Kier molecular flexibility index (Phi) is 3.12. The van der Waals surface area contributed by atoms with Gasteiger partial charge in [0, 0.05) is 0 Å². The fourth-order valence-electron chi connectivity index (χ4n) is 1.28. The van der Waals surface area contributed by atoms with Gasteiger partial charge in [-0.3, -0.25) is 0 Å². The predicted molar refractivity (Wildman–Crippen MR) is 58.9 cm³/mol. The molecule has 14 heavy (non-hydrogen) atoms. The van der Waals surface area contributed by atoms with Crippen LogP contribution in [-0.2, 0) is 16.5 Å². The molecule has 1 unspecified atom stereocenters. The van der Waals surface area contributed by atoms with Crippen LogP contribution >= 0.6 is 0 Å². The summed E-state index contributed by atoms with van der Waals surface area (Å²) >= 11 is -1.88. The minimum absolute atomic E-state index is 0.0140. The number of aryl methyl sites for hydroxylation is 1. The molecule has 1 aromatic carbocycles. The molecule has 0 amide bonds. The highest BCUT2D eigenvalue weighted by Crippen LogP contribution is 2.25. The van der Waals surface area contributed by atoms with Gasteiger partial charge < -0.3 is 4.55 Å². The zero-order chi connectivity index (χ0) is 10.9. The Hall–Kier alpha value is -0.670. The van der Waals surface area contributed by atoms with Crippen molar-refractivity contribution < 1.29 is 8.76 Å². The Labute approximate surface area is 87.6 Å². The van der Waals surface area contributed by atoms with Crippen molar-refractivity contribution in [1.82, 2.24) is 0 Å². The zero-order valence-electron chi connectivity index (χ0n) is 9.00. The standard InChI is InChI=1S/C11H16O2S/c1-8-5-9(11(2,3)4)7-10(6-8)14(12)13/h5-7H,1-4H3,(H,12,13). The molecule has 0 bridgehead atoms. The SMILES string of the molecule is Cc1cc(S(=O)O)cc(C(C)(C)C)c1. The molecule has 0 heterocycles. The van der Waals surface area contributed by atoms with Gasteiger partial charge in [-0.05, 0) is 35.6 Å². The van der Waals surface area contributed by atoms with Gasteiger partial charge in [0.15, 0.2) is 11.1 Å². The van der Waals surface area contributed by atoms with Crippen molar-refractivity contribution in [3.63, 3.8) is 0 Å². The van der Waals surface area contributed by atoms with Crippen molar-refractivity contribution in [3.8, 4) is 0 Å². The van der Waals surface area contributed by atoms with E-state index in [4.69, 9.17) is 4.55 Å². The summed E-state index contributed by atoms with van der Waals surface area (Å²) < 4.78 is 20.0.